The zero-order chi connectivity index (χ0) is 9.26. The fourth-order valence-electron chi connectivity index (χ4n) is 1.81. The minimum Gasteiger partial charge on any atom is -0.394 e. The van der Waals surface area contributed by atoms with E-state index in [0.717, 1.165) is 23.6 Å². The number of nitrogens with one attached hydrogen (secondary N) is 1. The molecule has 0 unspecified atom stereocenters. The van der Waals surface area contributed by atoms with Crippen LogP contribution in [-0.2, 0) is 6.42 Å². The first-order valence-electron chi connectivity index (χ1n) is 4.44. The molecule has 3 heteroatoms. The zero-order valence-corrected chi connectivity index (χ0v) is 8.01. The molecule has 1 aliphatic rings. The molecule has 1 aliphatic heterocycles. The van der Waals surface area contributed by atoms with Gasteiger partial charge in [-0.1, -0.05) is 23.7 Å². The molecular formula is C10H12ClNO. The topological polar surface area (TPSA) is 32.3 Å². The first kappa shape index (κ1) is 9.00. The van der Waals surface area contributed by atoms with Crippen molar-refractivity contribution < 1.29 is 5.11 Å². The minimum absolute atomic E-state index is 0.0578. The van der Waals surface area contributed by atoms with Crippen LogP contribution >= 0.6 is 11.6 Å². The number of aliphatic hydroxyl groups is 1. The third-order valence-electron chi connectivity index (χ3n) is 2.48. The molecule has 0 amide bonds. The number of rotatable bonds is 1. The van der Waals surface area contributed by atoms with E-state index in [1.807, 2.05) is 18.2 Å². The summed E-state index contributed by atoms with van der Waals surface area (Å²) in [4.78, 5) is 0. The zero-order valence-electron chi connectivity index (χ0n) is 7.26. The Kier molecular flexibility index (Phi) is 2.54. The highest BCUT2D eigenvalue weighted by Gasteiger charge is 2.19. The van der Waals surface area contributed by atoms with Crippen molar-refractivity contribution in [2.24, 2.45) is 0 Å². The van der Waals surface area contributed by atoms with Gasteiger partial charge in [0.2, 0.25) is 0 Å². The summed E-state index contributed by atoms with van der Waals surface area (Å²) in [6, 6.07) is 5.91. The van der Waals surface area contributed by atoms with Crippen LogP contribution in [0.15, 0.2) is 18.2 Å². The first-order valence-corrected chi connectivity index (χ1v) is 4.82. The van der Waals surface area contributed by atoms with Crippen LogP contribution in [0.3, 0.4) is 0 Å². The van der Waals surface area contributed by atoms with Gasteiger partial charge in [0.25, 0.3) is 0 Å². The summed E-state index contributed by atoms with van der Waals surface area (Å²) in [7, 11) is 0. The smallest absolute Gasteiger partial charge is 0.0626 e. The minimum atomic E-state index is 0.0578. The fourth-order valence-corrected chi connectivity index (χ4v) is 2.09. The maximum atomic E-state index is 9.12. The Bertz CT molecular complexity index is 314. The van der Waals surface area contributed by atoms with Crippen LogP contribution in [0.5, 0.6) is 0 Å². The number of halogens is 1. The van der Waals surface area contributed by atoms with Crippen molar-refractivity contribution >= 4 is 11.6 Å². The third-order valence-corrected chi connectivity index (χ3v) is 2.83. The maximum Gasteiger partial charge on any atom is 0.0626 e. The Morgan fingerprint density at radius 1 is 1.54 bits per heavy atom. The monoisotopic (exact) mass is 197 g/mol. The van der Waals surface area contributed by atoms with Crippen LogP contribution in [0.2, 0.25) is 5.02 Å². The lowest BCUT2D eigenvalue weighted by atomic mass is 9.95. The summed E-state index contributed by atoms with van der Waals surface area (Å²) >= 11 is 6.06. The van der Waals surface area contributed by atoms with Gasteiger partial charge in [-0.05, 0) is 30.2 Å². The van der Waals surface area contributed by atoms with E-state index >= 15 is 0 Å². The molecular weight excluding hydrogens is 186 g/mol. The van der Waals surface area contributed by atoms with E-state index < -0.39 is 0 Å². The maximum absolute atomic E-state index is 9.12. The summed E-state index contributed by atoms with van der Waals surface area (Å²) in [5.41, 5.74) is 2.32. The lowest BCUT2D eigenvalue weighted by Crippen LogP contribution is -2.32. The average molecular weight is 198 g/mol. The first-order chi connectivity index (χ1) is 6.33. The molecule has 0 aliphatic carbocycles. The van der Waals surface area contributed by atoms with Gasteiger partial charge in [0.05, 0.1) is 12.6 Å². The number of benzene rings is 1. The Morgan fingerprint density at radius 2 is 2.38 bits per heavy atom. The fraction of sp³-hybridized carbons (Fsp3) is 0.400. The van der Waals surface area contributed by atoms with E-state index in [1.165, 1.54) is 5.56 Å². The van der Waals surface area contributed by atoms with Gasteiger partial charge in [0.15, 0.2) is 0 Å². The lowest BCUT2D eigenvalue weighted by molar-refractivity contribution is 0.240. The average Bonchev–Trinajstić information content (AvgIpc) is 2.18. The van der Waals surface area contributed by atoms with Gasteiger partial charge in [0.1, 0.15) is 0 Å². The van der Waals surface area contributed by atoms with Gasteiger partial charge in [-0.15, -0.1) is 0 Å². The molecule has 2 N–H and O–H groups in total. The molecule has 1 aromatic carbocycles. The summed E-state index contributed by atoms with van der Waals surface area (Å²) in [6.07, 6.45) is 0.950. The summed E-state index contributed by atoms with van der Waals surface area (Å²) in [5.74, 6) is 0. The molecule has 13 heavy (non-hydrogen) atoms. The van der Waals surface area contributed by atoms with Gasteiger partial charge in [0, 0.05) is 5.02 Å². The van der Waals surface area contributed by atoms with E-state index in [9.17, 15) is 0 Å². The Labute approximate surface area is 82.5 Å². The van der Waals surface area contributed by atoms with Crippen LogP contribution < -0.4 is 5.32 Å². The molecule has 0 spiro atoms. The Morgan fingerprint density at radius 3 is 3.15 bits per heavy atom. The van der Waals surface area contributed by atoms with Gasteiger partial charge >= 0.3 is 0 Å². The second kappa shape index (κ2) is 3.66. The highest BCUT2D eigenvalue weighted by molar-refractivity contribution is 6.31. The van der Waals surface area contributed by atoms with E-state index in [-0.39, 0.29) is 12.6 Å². The molecule has 0 radical (unpaired) electrons. The van der Waals surface area contributed by atoms with Crippen molar-refractivity contribution in [2.75, 3.05) is 13.2 Å². The van der Waals surface area contributed by atoms with E-state index in [1.54, 1.807) is 0 Å². The van der Waals surface area contributed by atoms with Crippen LogP contribution in [0.1, 0.15) is 17.2 Å². The van der Waals surface area contributed by atoms with Crippen LogP contribution in [0.25, 0.3) is 0 Å². The molecule has 0 aromatic heterocycles. The molecule has 2 nitrogen and oxygen atoms in total. The van der Waals surface area contributed by atoms with E-state index in [4.69, 9.17) is 16.7 Å². The molecule has 1 atom stereocenters. The molecule has 70 valence electrons. The largest absolute Gasteiger partial charge is 0.394 e. The van der Waals surface area contributed by atoms with E-state index in [0.29, 0.717) is 0 Å². The van der Waals surface area contributed by atoms with Crippen molar-refractivity contribution in [3.05, 3.63) is 34.3 Å². The Hall–Kier alpha value is -0.570. The van der Waals surface area contributed by atoms with Gasteiger partial charge < -0.3 is 10.4 Å². The number of hydrogen-bond acceptors (Lipinski definition) is 2. The van der Waals surface area contributed by atoms with Gasteiger partial charge in [-0.25, -0.2) is 0 Å². The standard InChI is InChI=1S/C10H12ClNO/c11-9-3-1-2-8-7(9)4-5-12-10(8)6-13/h1-3,10,12-13H,4-6H2/t10-/m0/s1. The number of hydrogen-bond donors (Lipinski definition) is 2. The molecule has 0 bridgehead atoms. The third kappa shape index (κ3) is 1.57. The highest BCUT2D eigenvalue weighted by Crippen LogP contribution is 2.28. The summed E-state index contributed by atoms with van der Waals surface area (Å²) < 4.78 is 0. The molecule has 0 saturated heterocycles. The van der Waals surface area contributed by atoms with E-state index in [2.05, 4.69) is 5.32 Å². The van der Waals surface area contributed by atoms with Crippen molar-refractivity contribution in [1.82, 2.24) is 5.32 Å². The predicted molar refractivity (Wildman–Crippen MR) is 53.0 cm³/mol. The molecule has 0 saturated carbocycles. The normalized spacial score (nSPS) is 21.2. The van der Waals surface area contributed by atoms with Crippen molar-refractivity contribution in [2.45, 2.75) is 12.5 Å². The molecule has 2 rings (SSSR count). The van der Waals surface area contributed by atoms with Gasteiger partial charge in [-0.3, -0.25) is 0 Å². The molecule has 1 heterocycles. The molecule has 0 fully saturated rings. The van der Waals surface area contributed by atoms with Crippen molar-refractivity contribution in [3.8, 4) is 0 Å². The quantitative estimate of drug-likeness (QED) is 0.716. The van der Waals surface area contributed by atoms with Crippen LogP contribution in [-0.4, -0.2) is 18.3 Å². The SMILES string of the molecule is OC[C@@H]1NCCc2c(Cl)cccc21. The highest BCUT2D eigenvalue weighted by atomic mass is 35.5. The van der Waals surface area contributed by atoms with Crippen LogP contribution in [0.4, 0.5) is 0 Å². The summed E-state index contributed by atoms with van der Waals surface area (Å²) in [5, 5.41) is 13.2. The number of fused-ring (bicyclic) bond motifs is 1. The van der Waals surface area contributed by atoms with Crippen LogP contribution in [0, 0.1) is 0 Å². The van der Waals surface area contributed by atoms with Gasteiger partial charge in [-0.2, -0.15) is 0 Å². The second-order valence-electron chi connectivity index (χ2n) is 3.25. The second-order valence-corrected chi connectivity index (χ2v) is 3.65. The van der Waals surface area contributed by atoms with Crippen molar-refractivity contribution in [1.29, 1.82) is 0 Å². The molecule has 1 aromatic rings. The predicted octanol–water partition coefficient (Wildman–Crippen LogP) is 1.52. The summed E-state index contributed by atoms with van der Waals surface area (Å²) in [6.45, 7) is 1.02. The Balaban J connectivity index is 2.45. The van der Waals surface area contributed by atoms with Crippen molar-refractivity contribution in [3.63, 3.8) is 0 Å². The lowest BCUT2D eigenvalue weighted by Gasteiger charge is -2.25. The number of aliphatic hydroxyl groups excluding tert-OH is 1.